The maximum Gasteiger partial charge on any atom is 0.271 e. The van der Waals surface area contributed by atoms with Crippen LogP contribution in [0.15, 0.2) is 81.2 Å². The van der Waals surface area contributed by atoms with E-state index in [1.807, 2.05) is 6.07 Å². The number of nitrogens with one attached hydrogen (secondary N) is 2. The fourth-order valence-corrected chi connectivity index (χ4v) is 4.11. The van der Waals surface area contributed by atoms with Crippen LogP contribution in [-0.2, 0) is 10.0 Å². The molecule has 0 radical (unpaired) electrons. The van der Waals surface area contributed by atoms with Gasteiger partial charge in [0.05, 0.1) is 18.2 Å². The van der Waals surface area contributed by atoms with E-state index < -0.39 is 15.9 Å². The minimum atomic E-state index is -3.77. The van der Waals surface area contributed by atoms with Gasteiger partial charge in [0.25, 0.3) is 15.9 Å². The van der Waals surface area contributed by atoms with Gasteiger partial charge in [0.2, 0.25) is 0 Å². The molecule has 0 aromatic heterocycles. The van der Waals surface area contributed by atoms with Crippen molar-refractivity contribution in [3.63, 3.8) is 0 Å². The van der Waals surface area contributed by atoms with E-state index in [2.05, 4.69) is 31.2 Å². The van der Waals surface area contributed by atoms with Crippen molar-refractivity contribution >= 4 is 55.4 Å². The van der Waals surface area contributed by atoms with E-state index >= 15 is 0 Å². The number of anilines is 1. The highest BCUT2D eigenvalue weighted by Crippen LogP contribution is 2.21. The molecule has 3 aromatic rings. The number of carbonyl (C=O) groups excluding carboxylic acids is 1. The van der Waals surface area contributed by atoms with Gasteiger partial charge in [-0.1, -0.05) is 27.5 Å². The van der Waals surface area contributed by atoms with Gasteiger partial charge in [-0.3, -0.25) is 9.52 Å². The van der Waals surface area contributed by atoms with E-state index in [-0.39, 0.29) is 4.90 Å². The molecule has 0 aliphatic carbocycles. The van der Waals surface area contributed by atoms with Gasteiger partial charge >= 0.3 is 0 Å². The fourth-order valence-electron chi connectivity index (χ4n) is 2.55. The van der Waals surface area contributed by atoms with Crippen molar-refractivity contribution in [2.24, 2.45) is 5.10 Å². The minimum Gasteiger partial charge on any atom is -0.496 e. The number of hydrogen-bond acceptors (Lipinski definition) is 5. The van der Waals surface area contributed by atoms with E-state index in [9.17, 15) is 13.2 Å². The Morgan fingerprint density at radius 2 is 1.74 bits per heavy atom. The van der Waals surface area contributed by atoms with Crippen molar-refractivity contribution in [3.8, 4) is 5.75 Å². The Bertz CT molecular complexity index is 1210. The Morgan fingerprint density at radius 3 is 2.39 bits per heavy atom. The van der Waals surface area contributed by atoms with E-state index in [0.29, 0.717) is 27.6 Å². The molecule has 0 bridgehead atoms. The molecule has 1 amide bonds. The first-order chi connectivity index (χ1) is 14.8. The Morgan fingerprint density at radius 1 is 1.06 bits per heavy atom. The summed E-state index contributed by atoms with van der Waals surface area (Å²) in [7, 11) is -2.22. The lowest BCUT2D eigenvalue weighted by molar-refractivity contribution is 0.0955. The summed E-state index contributed by atoms with van der Waals surface area (Å²) in [4.78, 5) is 12.4. The molecular weight excluding hydrogens is 506 g/mol. The number of halogens is 2. The van der Waals surface area contributed by atoms with Crippen LogP contribution in [0.5, 0.6) is 5.75 Å². The molecule has 0 fully saturated rings. The molecule has 10 heteroatoms. The van der Waals surface area contributed by atoms with Gasteiger partial charge in [0.15, 0.2) is 0 Å². The average molecular weight is 523 g/mol. The predicted molar refractivity (Wildman–Crippen MR) is 124 cm³/mol. The zero-order chi connectivity index (χ0) is 22.4. The monoisotopic (exact) mass is 521 g/mol. The smallest absolute Gasteiger partial charge is 0.271 e. The molecular formula is C21H17BrClN3O4S. The number of hydrogen-bond donors (Lipinski definition) is 2. The van der Waals surface area contributed by atoms with Crippen LogP contribution in [0.2, 0.25) is 5.02 Å². The van der Waals surface area contributed by atoms with Crippen LogP contribution in [0.4, 0.5) is 5.69 Å². The highest BCUT2D eigenvalue weighted by molar-refractivity contribution is 9.10. The number of benzene rings is 3. The number of amides is 1. The number of carbonyl (C=O) groups is 1. The van der Waals surface area contributed by atoms with Gasteiger partial charge in [-0.05, 0) is 66.7 Å². The summed E-state index contributed by atoms with van der Waals surface area (Å²) in [6.45, 7) is 0. The van der Waals surface area contributed by atoms with Crippen molar-refractivity contribution < 1.29 is 17.9 Å². The largest absolute Gasteiger partial charge is 0.496 e. The van der Waals surface area contributed by atoms with Crippen molar-refractivity contribution in [3.05, 3.63) is 87.4 Å². The first kappa shape index (κ1) is 22.8. The standard InChI is InChI=1S/C21H17BrClN3O4S/c1-30-20-11-4-16(22)12-15(20)13-24-25-21(27)14-2-7-18(8-3-14)26-31(28,29)19-9-5-17(23)6-10-19/h2-13,26H,1H3,(H,25,27)/b24-13-. The normalized spacial score (nSPS) is 11.3. The van der Waals surface area contributed by atoms with Crippen LogP contribution < -0.4 is 14.9 Å². The van der Waals surface area contributed by atoms with E-state index in [0.717, 1.165) is 4.47 Å². The third-order valence-corrected chi connectivity index (χ3v) is 6.23. The molecule has 0 saturated carbocycles. The summed E-state index contributed by atoms with van der Waals surface area (Å²) >= 11 is 9.16. The van der Waals surface area contributed by atoms with Crippen molar-refractivity contribution in [1.82, 2.24) is 5.43 Å². The minimum absolute atomic E-state index is 0.0797. The predicted octanol–water partition coefficient (Wildman–Crippen LogP) is 4.68. The van der Waals surface area contributed by atoms with Crippen molar-refractivity contribution in [2.45, 2.75) is 4.90 Å². The number of sulfonamides is 1. The SMILES string of the molecule is COc1ccc(Br)cc1/C=N\NC(=O)c1ccc(NS(=O)(=O)c2ccc(Cl)cc2)cc1. The molecule has 0 atom stereocenters. The van der Waals surface area contributed by atoms with E-state index in [4.69, 9.17) is 16.3 Å². The summed E-state index contributed by atoms with van der Waals surface area (Å²) in [5.74, 6) is 0.163. The Kier molecular flexibility index (Phi) is 7.32. The first-order valence-corrected chi connectivity index (χ1v) is 11.5. The number of nitrogens with zero attached hydrogens (tertiary/aromatic N) is 1. The second kappa shape index (κ2) is 9.95. The second-order valence-electron chi connectivity index (χ2n) is 6.22. The second-order valence-corrected chi connectivity index (χ2v) is 9.26. The van der Waals surface area contributed by atoms with Crippen LogP contribution in [0, 0.1) is 0 Å². The summed E-state index contributed by atoms with van der Waals surface area (Å²) in [6.07, 6.45) is 1.47. The van der Waals surface area contributed by atoms with Crippen molar-refractivity contribution in [2.75, 3.05) is 11.8 Å². The van der Waals surface area contributed by atoms with Crippen LogP contribution in [-0.4, -0.2) is 27.6 Å². The molecule has 31 heavy (non-hydrogen) atoms. The lowest BCUT2D eigenvalue weighted by Gasteiger charge is -2.09. The molecule has 7 nitrogen and oxygen atoms in total. The van der Waals surface area contributed by atoms with Gasteiger partial charge in [-0.2, -0.15) is 5.10 Å². The molecule has 0 heterocycles. The lowest BCUT2D eigenvalue weighted by Crippen LogP contribution is -2.18. The highest BCUT2D eigenvalue weighted by atomic mass is 79.9. The summed E-state index contributed by atoms with van der Waals surface area (Å²) < 4.78 is 33.4. The van der Waals surface area contributed by atoms with Gasteiger partial charge in [0.1, 0.15) is 5.75 Å². The molecule has 3 aromatic carbocycles. The van der Waals surface area contributed by atoms with E-state index in [1.54, 1.807) is 19.2 Å². The highest BCUT2D eigenvalue weighted by Gasteiger charge is 2.14. The third-order valence-electron chi connectivity index (χ3n) is 4.08. The van der Waals surface area contributed by atoms with E-state index in [1.165, 1.54) is 54.7 Å². The quantitative estimate of drug-likeness (QED) is 0.348. The fraction of sp³-hybridized carbons (Fsp3) is 0.0476. The number of hydrazone groups is 1. The summed E-state index contributed by atoms with van der Waals surface area (Å²) in [6, 6.07) is 17.2. The maximum atomic E-state index is 12.4. The maximum absolute atomic E-state index is 12.4. The molecule has 0 spiro atoms. The zero-order valence-electron chi connectivity index (χ0n) is 16.2. The summed E-state index contributed by atoms with van der Waals surface area (Å²) in [5, 5.41) is 4.39. The number of ether oxygens (including phenoxy) is 1. The zero-order valence-corrected chi connectivity index (χ0v) is 19.3. The topological polar surface area (TPSA) is 96.9 Å². The molecule has 160 valence electrons. The van der Waals surface area contributed by atoms with Crippen LogP contribution in [0.1, 0.15) is 15.9 Å². The Balaban J connectivity index is 1.65. The average Bonchev–Trinajstić information content (AvgIpc) is 2.74. The number of rotatable bonds is 7. The van der Waals surface area contributed by atoms with Gasteiger partial charge in [-0.15, -0.1) is 0 Å². The van der Waals surface area contributed by atoms with Gasteiger partial charge in [-0.25, -0.2) is 13.8 Å². The van der Waals surface area contributed by atoms with Gasteiger partial charge in [0, 0.05) is 26.3 Å². The van der Waals surface area contributed by atoms with Crippen LogP contribution >= 0.6 is 27.5 Å². The number of methoxy groups -OCH3 is 1. The molecule has 3 rings (SSSR count). The van der Waals surface area contributed by atoms with Crippen LogP contribution in [0.3, 0.4) is 0 Å². The molecule has 0 saturated heterocycles. The Labute approximate surface area is 193 Å². The molecule has 0 unspecified atom stereocenters. The molecule has 0 aliphatic heterocycles. The lowest BCUT2D eigenvalue weighted by atomic mass is 10.2. The molecule has 2 N–H and O–H groups in total. The molecule has 0 aliphatic rings. The first-order valence-electron chi connectivity index (χ1n) is 8.84. The van der Waals surface area contributed by atoms with Crippen molar-refractivity contribution in [1.29, 1.82) is 0 Å². The summed E-state index contributed by atoms with van der Waals surface area (Å²) in [5.41, 5.74) is 3.74. The Hall–Kier alpha value is -2.88. The van der Waals surface area contributed by atoms with Crippen LogP contribution in [0.25, 0.3) is 0 Å². The van der Waals surface area contributed by atoms with Gasteiger partial charge < -0.3 is 4.74 Å². The third kappa shape index (κ3) is 6.06.